The van der Waals surface area contributed by atoms with Gasteiger partial charge in [0, 0.05) is 13.6 Å². The van der Waals surface area contributed by atoms with Gasteiger partial charge < -0.3 is 14.3 Å². The van der Waals surface area contributed by atoms with Gasteiger partial charge in [0.05, 0.1) is 12.7 Å². The van der Waals surface area contributed by atoms with Gasteiger partial charge in [-0.05, 0) is 27.7 Å². The van der Waals surface area contributed by atoms with Gasteiger partial charge >= 0.3 is 5.97 Å². The predicted octanol–water partition coefficient (Wildman–Crippen LogP) is 1.07. The molecule has 0 aliphatic carbocycles. The number of nitrogens with zero attached hydrogens (tertiary/aromatic N) is 1. The number of likely N-dealkylation sites (N-methyl/N-ethyl adjacent to an activating group) is 1. The average Bonchev–Trinajstić information content (AvgIpc) is 2.61. The van der Waals surface area contributed by atoms with Gasteiger partial charge in [-0.25, -0.2) is 13.2 Å². The minimum atomic E-state index is -3.99. The maximum Gasteiger partial charge on any atom is 0.342 e. The number of sulfonamides is 1. The van der Waals surface area contributed by atoms with E-state index in [0.29, 0.717) is 0 Å². The van der Waals surface area contributed by atoms with Crippen LogP contribution in [0.25, 0.3) is 0 Å². The molecule has 1 aromatic rings. The molecule has 0 fully saturated rings. The van der Waals surface area contributed by atoms with E-state index in [1.807, 2.05) is 0 Å². The van der Waals surface area contributed by atoms with Gasteiger partial charge in [-0.1, -0.05) is 0 Å². The van der Waals surface area contributed by atoms with Gasteiger partial charge in [0.25, 0.3) is 0 Å². The molecule has 0 aliphatic rings. The molecular weight excluding hydrogens is 298 g/mol. The van der Waals surface area contributed by atoms with Crippen molar-refractivity contribution >= 4 is 16.0 Å². The lowest BCUT2D eigenvalue weighted by molar-refractivity contribution is 0.0594. The fraction of sp³-hybridized carbons (Fsp3) is 0.615. The molecule has 0 unspecified atom stereocenters. The van der Waals surface area contributed by atoms with Gasteiger partial charge in [0.15, 0.2) is 0 Å². The van der Waals surface area contributed by atoms with Crippen LogP contribution in [0.2, 0.25) is 0 Å². The summed E-state index contributed by atoms with van der Waals surface area (Å²) in [5.74, 6) is -0.496. The number of furan rings is 1. The SMILES string of the molecule is COC(=O)c1c(C)oc(C)c1S(=O)(=O)N(C)CC(C)(C)O. The first kappa shape index (κ1) is 17.7. The summed E-state index contributed by atoms with van der Waals surface area (Å²) >= 11 is 0. The molecule has 0 aliphatic heterocycles. The summed E-state index contributed by atoms with van der Waals surface area (Å²) < 4.78 is 36.1. The zero-order valence-electron chi connectivity index (χ0n) is 13.1. The van der Waals surface area contributed by atoms with Crippen LogP contribution in [-0.4, -0.2) is 50.1 Å². The Hall–Kier alpha value is -1.38. The summed E-state index contributed by atoms with van der Waals surface area (Å²) in [6.07, 6.45) is 0. The van der Waals surface area contributed by atoms with E-state index < -0.39 is 21.6 Å². The Bertz CT molecular complexity index is 638. The maximum atomic E-state index is 12.6. The van der Waals surface area contributed by atoms with Gasteiger partial charge in [-0.15, -0.1) is 0 Å². The van der Waals surface area contributed by atoms with Gasteiger partial charge in [-0.2, -0.15) is 4.31 Å². The Morgan fingerprint density at radius 2 is 1.86 bits per heavy atom. The van der Waals surface area contributed by atoms with Crippen molar-refractivity contribution in [3.63, 3.8) is 0 Å². The molecule has 0 amide bonds. The second kappa shape index (κ2) is 5.78. The molecule has 7 nitrogen and oxygen atoms in total. The maximum absolute atomic E-state index is 12.6. The molecular formula is C13H21NO6S. The Labute approximate surface area is 124 Å². The highest BCUT2D eigenvalue weighted by Crippen LogP contribution is 2.29. The van der Waals surface area contributed by atoms with E-state index in [1.54, 1.807) is 0 Å². The van der Waals surface area contributed by atoms with Crippen LogP contribution in [0.5, 0.6) is 0 Å². The number of rotatable bonds is 5. The lowest BCUT2D eigenvalue weighted by Gasteiger charge is -2.25. The number of hydrogen-bond donors (Lipinski definition) is 1. The van der Waals surface area contributed by atoms with Crippen LogP contribution < -0.4 is 0 Å². The summed E-state index contributed by atoms with van der Waals surface area (Å²) in [4.78, 5) is 11.6. The third-order valence-corrected chi connectivity index (χ3v) is 4.83. The predicted molar refractivity (Wildman–Crippen MR) is 75.6 cm³/mol. The van der Waals surface area contributed by atoms with Gasteiger partial charge in [-0.3, -0.25) is 0 Å². The topological polar surface area (TPSA) is 97.0 Å². The van der Waals surface area contributed by atoms with E-state index in [-0.39, 0.29) is 28.5 Å². The van der Waals surface area contributed by atoms with Crippen LogP contribution in [-0.2, 0) is 14.8 Å². The van der Waals surface area contributed by atoms with E-state index in [9.17, 15) is 18.3 Å². The molecule has 0 atom stereocenters. The van der Waals surface area contributed by atoms with Crippen molar-refractivity contribution in [3.05, 3.63) is 17.1 Å². The average molecular weight is 319 g/mol. The number of methoxy groups -OCH3 is 1. The fourth-order valence-corrected chi connectivity index (χ4v) is 3.79. The Kier molecular flexibility index (Phi) is 4.87. The lowest BCUT2D eigenvalue weighted by Crippen LogP contribution is -2.40. The van der Waals surface area contributed by atoms with E-state index >= 15 is 0 Å². The summed E-state index contributed by atoms with van der Waals surface area (Å²) in [6.45, 7) is 5.82. The molecule has 8 heteroatoms. The first-order chi connectivity index (χ1) is 9.41. The van der Waals surface area contributed by atoms with Crippen molar-refractivity contribution in [1.82, 2.24) is 4.31 Å². The molecule has 0 spiro atoms. The molecule has 1 rings (SSSR count). The second-order valence-electron chi connectivity index (χ2n) is 5.48. The third kappa shape index (κ3) is 3.63. The summed E-state index contributed by atoms with van der Waals surface area (Å²) in [7, 11) is -1.49. The highest BCUT2D eigenvalue weighted by molar-refractivity contribution is 7.89. The van der Waals surface area contributed by atoms with Crippen LogP contribution in [0.3, 0.4) is 0 Å². The molecule has 1 N–H and O–H groups in total. The standard InChI is InChI=1S/C13H21NO6S/c1-8-10(12(15)19-6)11(9(2)20-8)21(17,18)14(5)7-13(3,4)16/h16H,7H2,1-6H3. The lowest BCUT2D eigenvalue weighted by atomic mass is 10.1. The molecule has 0 bridgehead atoms. The van der Waals surface area contributed by atoms with Crippen molar-refractivity contribution in [3.8, 4) is 0 Å². The summed E-state index contributed by atoms with van der Waals surface area (Å²) in [5, 5.41) is 9.78. The number of aryl methyl sites for hydroxylation is 2. The van der Waals surface area contributed by atoms with Crippen molar-refractivity contribution in [2.75, 3.05) is 20.7 Å². The summed E-state index contributed by atoms with van der Waals surface area (Å²) in [5.41, 5.74) is -1.32. The van der Waals surface area contributed by atoms with Crippen LogP contribution in [0.15, 0.2) is 9.31 Å². The largest absolute Gasteiger partial charge is 0.465 e. The quantitative estimate of drug-likeness (QED) is 0.816. The second-order valence-corrected chi connectivity index (χ2v) is 7.47. The minimum Gasteiger partial charge on any atom is -0.465 e. The van der Waals surface area contributed by atoms with E-state index in [2.05, 4.69) is 4.74 Å². The Morgan fingerprint density at radius 1 is 1.33 bits per heavy atom. The Morgan fingerprint density at radius 3 is 2.29 bits per heavy atom. The molecule has 0 saturated heterocycles. The van der Waals surface area contributed by atoms with Crippen molar-refractivity contribution in [2.45, 2.75) is 38.2 Å². The number of carbonyl (C=O) groups is 1. The fourth-order valence-electron chi connectivity index (χ4n) is 2.10. The first-order valence-electron chi connectivity index (χ1n) is 6.29. The number of hydrogen-bond acceptors (Lipinski definition) is 6. The van der Waals surface area contributed by atoms with Crippen molar-refractivity contribution in [2.24, 2.45) is 0 Å². The van der Waals surface area contributed by atoms with Crippen LogP contribution in [0.1, 0.15) is 35.7 Å². The molecule has 0 radical (unpaired) electrons. The number of aliphatic hydroxyl groups is 1. The van der Waals surface area contributed by atoms with Crippen molar-refractivity contribution < 1.29 is 27.5 Å². The Balaban J connectivity index is 3.42. The van der Waals surface area contributed by atoms with E-state index in [0.717, 1.165) is 4.31 Å². The van der Waals surface area contributed by atoms with Gasteiger partial charge in [0.1, 0.15) is 22.0 Å². The zero-order valence-corrected chi connectivity index (χ0v) is 13.9. The number of ether oxygens (including phenoxy) is 1. The molecule has 0 saturated carbocycles. The zero-order chi connectivity index (χ0) is 16.6. The number of carbonyl (C=O) groups excluding carboxylic acids is 1. The van der Waals surface area contributed by atoms with Crippen LogP contribution in [0.4, 0.5) is 0 Å². The van der Waals surface area contributed by atoms with Crippen molar-refractivity contribution in [1.29, 1.82) is 0 Å². The monoisotopic (exact) mass is 319 g/mol. The normalized spacial score (nSPS) is 12.8. The molecule has 21 heavy (non-hydrogen) atoms. The van der Waals surface area contributed by atoms with E-state index in [4.69, 9.17) is 4.42 Å². The smallest absolute Gasteiger partial charge is 0.342 e. The van der Waals surface area contributed by atoms with Crippen LogP contribution >= 0.6 is 0 Å². The van der Waals surface area contributed by atoms with E-state index in [1.165, 1.54) is 41.9 Å². The number of esters is 1. The first-order valence-corrected chi connectivity index (χ1v) is 7.73. The minimum absolute atomic E-state index is 0.107. The molecule has 1 heterocycles. The van der Waals surface area contributed by atoms with Gasteiger partial charge in [0.2, 0.25) is 10.0 Å². The molecule has 120 valence electrons. The molecule has 1 aromatic heterocycles. The van der Waals surface area contributed by atoms with Crippen LogP contribution in [0, 0.1) is 13.8 Å². The highest BCUT2D eigenvalue weighted by atomic mass is 32.2. The third-order valence-electron chi connectivity index (χ3n) is 2.87. The highest BCUT2D eigenvalue weighted by Gasteiger charge is 2.35. The molecule has 0 aromatic carbocycles. The summed E-state index contributed by atoms with van der Waals surface area (Å²) in [6, 6.07) is 0.